The number of fused-ring (bicyclic) bond motifs is 2. The summed E-state index contributed by atoms with van der Waals surface area (Å²) in [5, 5.41) is 12.8. The van der Waals surface area contributed by atoms with E-state index in [4.69, 9.17) is 0 Å². The van der Waals surface area contributed by atoms with Crippen molar-refractivity contribution < 1.29 is 9.59 Å². The molecule has 3 aromatic rings. The number of H-pyrrole nitrogens is 1. The normalized spacial score (nSPS) is 14.8. The minimum absolute atomic E-state index is 0.0121. The van der Waals surface area contributed by atoms with E-state index >= 15 is 0 Å². The number of hydrogen-bond donors (Lipinski definition) is 2. The van der Waals surface area contributed by atoms with Crippen LogP contribution >= 0.6 is 11.3 Å². The Bertz CT molecular complexity index is 977. The molecule has 1 unspecified atom stereocenters. The second-order valence-electron chi connectivity index (χ2n) is 6.81. The average molecular weight is 382 g/mol. The van der Waals surface area contributed by atoms with Crippen molar-refractivity contribution >= 4 is 34.1 Å². The summed E-state index contributed by atoms with van der Waals surface area (Å²) in [6, 6.07) is 9.05. The molecular formula is C20H22N4O2S. The van der Waals surface area contributed by atoms with Gasteiger partial charge in [-0.15, -0.1) is 11.3 Å². The lowest BCUT2D eigenvalue weighted by Gasteiger charge is -2.30. The van der Waals surface area contributed by atoms with Crippen molar-refractivity contribution in [3.63, 3.8) is 0 Å². The summed E-state index contributed by atoms with van der Waals surface area (Å²) in [6.45, 7) is 3.34. The molecule has 0 fully saturated rings. The Balaban J connectivity index is 1.50. The molecule has 7 heteroatoms. The lowest BCUT2D eigenvalue weighted by Crippen LogP contribution is -2.49. The molecule has 1 aliphatic heterocycles. The number of aromatic nitrogens is 2. The molecule has 3 heterocycles. The van der Waals surface area contributed by atoms with E-state index in [1.165, 1.54) is 10.4 Å². The second-order valence-corrected chi connectivity index (χ2v) is 7.81. The third-order valence-corrected chi connectivity index (χ3v) is 6.01. The van der Waals surface area contributed by atoms with Crippen molar-refractivity contribution in [2.75, 3.05) is 6.54 Å². The highest BCUT2D eigenvalue weighted by molar-refractivity contribution is 7.10. The maximum absolute atomic E-state index is 13.1. The van der Waals surface area contributed by atoms with Gasteiger partial charge < -0.3 is 10.2 Å². The zero-order valence-corrected chi connectivity index (χ0v) is 16.0. The van der Waals surface area contributed by atoms with Crippen molar-refractivity contribution in [1.29, 1.82) is 0 Å². The van der Waals surface area contributed by atoms with Gasteiger partial charge in [0.25, 0.3) is 5.91 Å². The molecule has 2 aromatic heterocycles. The lowest BCUT2D eigenvalue weighted by molar-refractivity contribution is -0.134. The number of rotatable bonds is 5. The van der Waals surface area contributed by atoms with E-state index in [9.17, 15) is 9.59 Å². The van der Waals surface area contributed by atoms with Gasteiger partial charge in [-0.2, -0.15) is 5.10 Å². The minimum Gasteiger partial charge on any atom is -0.339 e. The Hall–Kier alpha value is -2.67. The van der Waals surface area contributed by atoms with Crippen molar-refractivity contribution in [1.82, 2.24) is 20.4 Å². The van der Waals surface area contributed by atoms with Crippen molar-refractivity contribution in [2.24, 2.45) is 0 Å². The van der Waals surface area contributed by atoms with Gasteiger partial charge in [-0.05, 0) is 35.9 Å². The van der Waals surface area contributed by atoms with E-state index in [2.05, 4.69) is 27.0 Å². The second kappa shape index (κ2) is 7.52. The highest BCUT2D eigenvalue weighted by atomic mass is 32.1. The summed E-state index contributed by atoms with van der Waals surface area (Å²) in [5.74, 6) is -0.325. The molecular weight excluding hydrogens is 360 g/mol. The molecule has 0 saturated heterocycles. The predicted molar refractivity (Wildman–Crippen MR) is 106 cm³/mol. The Labute approximate surface area is 161 Å². The number of para-hydroxylation sites is 1. The molecule has 27 heavy (non-hydrogen) atoms. The summed E-state index contributed by atoms with van der Waals surface area (Å²) >= 11 is 1.75. The highest BCUT2D eigenvalue weighted by Gasteiger charge is 2.29. The first-order valence-corrected chi connectivity index (χ1v) is 10.1. The average Bonchev–Trinajstić information content (AvgIpc) is 3.33. The van der Waals surface area contributed by atoms with E-state index < -0.39 is 6.04 Å². The van der Waals surface area contributed by atoms with Gasteiger partial charge in [0.2, 0.25) is 5.91 Å². The Morgan fingerprint density at radius 3 is 3.04 bits per heavy atom. The SMILES string of the molecule is CCCC(NC(=O)c1n[nH]c2ccccc12)C(=O)N1CCc2sccc2C1. The molecule has 0 spiro atoms. The molecule has 2 N–H and O–H groups in total. The Morgan fingerprint density at radius 1 is 1.33 bits per heavy atom. The van der Waals surface area contributed by atoms with Gasteiger partial charge in [0.15, 0.2) is 5.69 Å². The van der Waals surface area contributed by atoms with Crippen LogP contribution < -0.4 is 5.32 Å². The molecule has 140 valence electrons. The van der Waals surface area contributed by atoms with E-state index in [1.54, 1.807) is 11.3 Å². The van der Waals surface area contributed by atoms with Crippen LogP contribution in [0.3, 0.4) is 0 Å². The topological polar surface area (TPSA) is 78.1 Å². The third kappa shape index (κ3) is 3.47. The fourth-order valence-corrected chi connectivity index (χ4v) is 4.46. The van der Waals surface area contributed by atoms with Gasteiger partial charge in [0, 0.05) is 23.4 Å². The van der Waals surface area contributed by atoms with E-state index in [0.29, 0.717) is 25.2 Å². The fraction of sp³-hybridized carbons (Fsp3) is 0.350. The standard InChI is InChI=1S/C20H22N4O2S/c1-2-5-16(20(26)24-10-8-17-13(12-24)9-11-27-17)21-19(25)18-14-6-3-4-7-15(14)22-23-18/h3-4,6-7,9,11,16H,2,5,8,10,12H2,1H3,(H,21,25)(H,22,23). The Morgan fingerprint density at radius 2 is 2.19 bits per heavy atom. The zero-order chi connectivity index (χ0) is 18.8. The van der Waals surface area contributed by atoms with Crippen LogP contribution in [0.15, 0.2) is 35.7 Å². The number of benzene rings is 1. The van der Waals surface area contributed by atoms with Gasteiger partial charge in [-0.1, -0.05) is 31.5 Å². The molecule has 1 atom stereocenters. The number of hydrogen-bond acceptors (Lipinski definition) is 4. The van der Waals surface area contributed by atoms with E-state index in [-0.39, 0.29) is 11.8 Å². The minimum atomic E-state index is -0.529. The molecule has 0 bridgehead atoms. The maximum Gasteiger partial charge on any atom is 0.273 e. The van der Waals surface area contributed by atoms with E-state index in [0.717, 1.165) is 23.7 Å². The summed E-state index contributed by atoms with van der Waals surface area (Å²) in [5.41, 5.74) is 2.36. The van der Waals surface area contributed by atoms with Gasteiger partial charge in [0.1, 0.15) is 6.04 Å². The first kappa shape index (κ1) is 17.7. The van der Waals surface area contributed by atoms with Crippen LogP contribution in [-0.2, 0) is 17.8 Å². The molecule has 1 aliphatic rings. The number of thiophene rings is 1. The Kier molecular flexibility index (Phi) is 4.94. The quantitative estimate of drug-likeness (QED) is 0.712. The van der Waals surface area contributed by atoms with Crippen LogP contribution in [0.5, 0.6) is 0 Å². The molecule has 0 radical (unpaired) electrons. The number of aromatic amines is 1. The van der Waals surface area contributed by atoms with E-state index in [1.807, 2.05) is 36.1 Å². The first-order chi connectivity index (χ1) is 13.2. The van der Waals surface area contributed by atoms with Crippen molar-refractivity contribution in [3.05, 3.63) is 51.8 Å². The summed E-state index contributed by atoms with van der Waals surface area (Å²) < 4.78 is 0. The molecule has 0 saturated carbocycles. The van der Waals surface area contributed by atoms with Crippen molar-refractivity contribution in [2.45, 2.75) is 38.8 Å². The largest absolute Gasteiger partial charge is 0.339 e. The van der Waals surface area contributed by atoms with Crippen LogP contribution in [0.1, 0.15) is 40.7 Å². The van der Waals surface area contributed by atoms with Crippen LogP contribution in [0.2, 0.25) is 0 Å². The van der Waals surface area contributed by atoms with Gasteiger partial charge in [-0.25, -0.2) is 0 Å². The molecule has 1 aromatic carbocycles. The van der Waals surface area contributed by atoms with Crippen LogP contribution in [-0.4, -0.2) is 39.5 Å². The van der Waals surface area contributed by atoms with Crippen LogP contribution in [0, 0.1) is 0 Å². The number of amides is 2. The van der Waals surface area contributed by atoms with Crippen LogP contribution in [0.4, 0.5) is 0 Å². The number of nitrogens with one attached hydrogen (secondary N) is 2. The monoisotopic (exact) mass is 382 g/mol. The first-order valence-electron chi connectivity index (χ1n) is 9.25. The number of carbonyl (C=O) groups excluding carboxylic acids is 2. The maximum atomic E-state index is 13.1. The fourth-order valence-electron chi connectivity index (χ4n) is 3.57. The molecule has 4 rings (SSSR count). The van der Waals surface area contributed by atoms with Crippen LogP contribution in [0.25, 0.3) is 10.9 Å². The third-order valence-electron chi connectivity index (χ3n) is 4.99. The molecule has 2 amide bonds. The van der Waals surface area contributed by atoms with Crippen molar-refractivity contribution in [3.8, 4) is 0 Å². The lowest BCUT2D eigenvalue weighted by atomic mass is 10.1. The molecule has 6 nitrogen and oxygen atoms in total. The van der Waals surface area contributed by atoms with Gasteiger partial charge in [-0.3, -0.25) is 14.7 Å². The predicted octanol–water partition coefficient (Wildman–Crippen LogP) is 3.11. The number of carbonyl (C=O) groups is 2. The zero-order valence-electron chi connectivity index (χ0n) is 15.2. The summed E-state index contributed by atoms with van der Waals surface area (Å²) in [6.07, 6.45) is 2.31. The summed E-state index contributed by atoms with van der Waals surface area (Å²) in [7, 11) is 0. The smallest absolute Gasteiger partial charge is 0.273 e. The van der Waals surface area contributed by atoms with Gasteiger partial charge >= 0.3 is 0 Å². The summed E-state index contributed by atoms with van der Waals surface area (Å²) in [4.78, 5) is 29.1. The highest BCUT2D eigenvalue weighted by Crippen LogP contribution is 2.25. The molecule has 0 aliphatic carbocycles. The number of nitrogens with zero attached hydrogens (tertiary/aromatic N) is 2. The van der Waals surface area contributed by atoms with Gasteiger partial charge in [0.05, 0.1) is 5.52 Å².